The number of rotatable bonds is 2. The van der Waals surface area contributed by atoms with Gasteiger partial charge in [-0.3, -0.25) is 4.40 Å². The summed E-state index contributed by atoms with van der Waals surface area (Å²) < 4.78 is 1.89. The smallest absolute Gasteiger partial charge is 0.339 e. The van der Waals surface area contributed by atoms with Gasteiger partial charge in [0.25, 0.3) is 0 Å². The summed E-state index contributed by atoms with van der Waals surface area (Å²) in [6.07, 6.45) is 3.59. The summed E-state index contributed by atoms with van der Waals surface area (Å²) in [7, 11) is 0. The van der Waals surface area contributed by atoms with E-state index >= 15 is 0 Å². The molecule has 4 heterocycles. The molecule has 0 amide bonds. The third-order valence-corrected chi connectivity index (χ3v) is 5.78. The van der Waals surface area contributed by atoms with Crippen LogP contribution in [0.3, 0.4) is 0 Å². The first kappa shape index (κ1) is 17.0. The van der Waals surface area contributed by atoms with Crippen LogP contribution < -0.4 is 4.90 Å². The lowest BCUT2D eigenvalue weighted by molar-refractivity contribution is 0.0698. The van der Waals surface area contributed by atoms with Crippen LogP contribution in [0.25, 0.3) is 27.7 Å². The van der Waals surface area contributed by atoms with Gasteiger partial charge in [0.1, 0.15) is 17.0 Å². The molecule has 1 N–H and O–H groups in total. The lowest BCUT2D eigenvalue weighted by atomic mass is 10.0. The molecule has 5 rings (SSSR count). The number of benzene rings is 1. The van der Waals surface area contributed by atoms with E-state index in [1.165, 1.54) is 19.3 Å². The number of nitrogens with zero attached hydrogens (tertiary/aromatic N) is 4. The average molecular weight is 374 g/mol. The van der Waals surface area contributed by atoms with Gasteiger partial charge in [-0.2, -0.15) is 0 Å². The molecule has 3 aromatic heterocycles. The Morgan fingerprint density at radius 3 is 2.79 bits per heavy atom. The second-order valence-electron chi connectivity index (χ2n) is 7.73. The molecule has 6 nitrogen and oxygen atoms in total. The molecule has 0 bridgehead atoms. The summed E-state index contributed by atoms with van der Waals surface area (Å²) in [5.74, 6) is 0.712. The molecule has 6 heteroatoms. The highest BCUT2D eigenvalue weighted by Gasteiger charge is 2.20. The molecule has 1 saturated heterocycles. The fraction of sp³-hybridized carbons (Fsp3) is 0.318. The van der Waals surface area contributed by atoms with E-state index in [0.29, 0.717) is 5.65 Å². The number of fused-ring (bicyclic) bond motifs is 5. The van der Waals surface area contributed by atoms with Crippen molar-refractivity contribution in [3.05, 3.63) is 48.0 Å². The van der Waals surface area contributed by atoms with Crippen LogP contribution in [0.1, 0.15) is 36.5 Å². The molecule has 28 heavy (non-hydrogen) atoms. The highest BCUT2D eigenvalue weighted by Crippen LogP contribution is 2.28. The van der Waals surface area contributed by atoms with Crippen molar-refractivity contribution in [3.63, 3.8) is 0 Å². The van der Waals surface area contributed by atoms with Gasteiger partial charge in [-0.1, -0.05) is 19.1 Å². The van der Waals surface area contributed by atoms with Crippen molar-refractivity contribution in [3.8, 4) is 0 Å². The normalized spacial score (nSPS) is 18.0. The maximum Gasteiger partial charge on any atom is 0.339 e. The highest BCUT2D eigenvalue weighted by molar-refractivity contribution is 6.02. The first-order chi connectivity index (χ1) is 13.6. The summed E-state index contributed by atoms with van der Waals surface area (Å²) in [5, 5.41) is 10.5. The van der Waals surface area contributed by atoms with E-state index in [4.69, 9.17) is 4.98 Å². The number of carboxylic acids is 1. The summed E-state index contributed by atoms with van der Waals surface area (Å²) in [6, 6.07) is 13.4. The summed E-state index contributed by atoms with van der Waals surface area (Å²) >= 11 is 0. The van der Waals surface area contributed by atoms with Gasteiger partial charge in [-0.15, -0.1) is 0 Å². The molecular formula is C22H22N4O2. The molecule has 1 unspecified atom stereocenters. The minimum atomic E-state index is -0.979. The minimum absolute atomic E-state index is 0.196. The second kappa shape index (κ2) is 6.48. The number of para-hydroxylation sites is 2. The Kier molecular flexibility index (Phi) is 3.93. The number of hydrogen-bond acceptors (Lipinski definition) is 4. The van der Waals surface area contributed by atoms with E-state index in [1.54, 1.807) is 6.07 Å². The van der Waals surface area contributed by atoms with Crippen LogP contribution in [0.15, 0.2) is 42.5 Å². The summed E-state index contributed by atoms with van der Waals surface area (Å²) in [4.78, 5) is 23.7. The number of aromatic carboxylic acids is 1. The fourth-order valence-corrected chi connectivity index (χ4v) is 4.21. The van der Waals surface area contributed by atoms with Crippen molar-refractivity contribution >= 4 is 39.5 Å². The number of anilines is 1. The molecule has 0 aliphatic carbocycles. The van der Waals surface area contributed by atoms with Gasteiger partial charge in [0.2, 0.25) is 0 Å². The Morgan fingerprint density at radius 1 is 1.07 bits per heavy atom. The van der Waals surface area contributed by atoms with Crippen molar-refractivity contribution in [1.29, 1.82) is 0 Å². The standard InChI is InChI=1S/C22H22N4O2/c1-14-5-4-11-25(12-10-14)19-9-8-15-13-16(22(27)28)21-23-17-6-2-3-7-18(17)26(21)20(15)24-19/h2-3,6-9,13-14H,4-5,10-12H2,1H3,(H,27,28). The van der Waals surface area contributed by atoms with Crippen LogP contribution in [0, 0.1) is 5.92 Å². The average Bonchev–Trinajstić information content (AvgIpc) is 2.95. The SMILES string of the molecule is CC1CCCN(c2ccc3cc(C(=O)O)c4nc5ccccc5n4c3n2)CC1. The van der Waals surface area contributed by atoms with Crippen molar-refractivity contribution in [2.24, 2.45) is 5.92 Å². The first-order valence-electron chi connectivity index (χ1n) is 9.81. The van der Waals surface area contributed by atoms with Crippen LogP contribution in [-0.2, 0) is 0 Å². The van der Waals surface area contributed by atoms with Crippen LogP contribution in [-0.4, -0.2) is 38.5 Å². The van der Waals surface area contributed by atoms with E-state index in [1.807, 2.05) is 40.8 Å². The van der Waals surface area contributed by atoms with Gasteiger partial charge in [0.05, 0.1) is 11.0 Å². The number of hydrogen-bond donors (Lipinski definition) is 1. The molecule has 4 aromatic rings. The van der Waals surface area contributed by atoms with E-state index in [9.17, 15) is 9.90 Å². The maximum atomic E-state index is 11.8. The Hall–Kier alpha value is -3.15. The summed E-state index contributed by atoms with van der Waals surface area (Å²) in [6.45, 7) is 4.32. The van der Waals surface area contributed by atoms with Gasteiger partial charge >= 0.3 is 5.97 Å². The van der Waals surface area contributed by atoms with E-state index in [2.05, 4.69) is 16.8 Å². The molecule has 0 spiro atoms. The van der Waals surface area contributed by atoms with Crippen molar-refractivity contribution in [2.45, 2.75) is 26.2 Å². The predicted octanol–water partition coefficient (Wildman–Crippen LogP) is 4.36. The zero-order valence-electron chi connectivity index (χ0n) is 15.8. The molecule has 1 atom stereocenters. The lowest BCUT2D eigenvalue weighted by Gasteiger charge is -2.22. The van der Waals surface area contributed by atoms with Crippen molar-refractivity contribution in [2.75, 3.05) is 18.0 Å². The molecule has 0 radical (unpaired) electrons. The summed E-state index contributed by atoms with van der Waals surface area (Å²) in [5.41, 5.74) is 3.04. The highest BCUT2D eigenvalue weighted by atomic mass is 16.4. The predicted molar refractivity (Wildman–Crippen MR) is 110 cm³/mol. The second-order valence-corrected chi connectivity index (χ2v) is 7.73. The van der Waals surface area contributed by atoms with Crippen molar-refractivity contribution < 1.29 is 9.90 Å². The Balaban J connectivity index is 1.77. The maximum absolute atomic E-state index is 11.8. The zero-order valence-corrected chi connectivity index (χ0v) is 15.8. The van der Waals surface area contributed by atoms with Crippen LogP contribution >= 0.6 is 0 Å². The van der Waals surface area contributed by atoms with Crippen LogP contribution in [0.5, 0.6) is 0 Å². The zero-order chi connectivity index (χ0) is 19.3. The molecule has 0 saturated carbocycles. The third kappa shape index (κ3) is 2.68. The first-order valence-corrected chi connectivity index (χ1v) is 9.81. The van der Waals surface area contributed by atoms with Crippen LogP contribution in [0.2, 0.25) is 0 Å². The molecule has 1 aliphatic heterocycles. The van der Waals surface area contributed by atoms with Crippen LogP contribution in [0.4, 0.5) is 5.82 Å². The topological polar surface area (TPSA) is 70.7 Å². The van der Waals surface area contributed by atoms with Gasteiger partial charge < -0.3 is 10.0 Å². The number of carbonyl (C=O) groups is 1. The Bertz CT molecular complexity index is 1210. The van der Waals surface area contributed by atoms with Gasteiger partial charge in [-0.05, 0) is 55.5 Å². The monoisotopic (exact) mass is 374 g/mol. The Morgan fingerprint density at radius 2 is 1.93 bits per heavy atom. The molecule has 142 valence electrons. The Labute approximate surface area is 162 Å². The molecular weight excluding hydrogens is 352 g/mol. The van der Waals surface area contributed by atoms with E-state index in [-0.39, 0.29) is 5.56 Å². The third-order valence-electron chi connectivity index (χ3n) is 5.78. The fourth-order valence-electron chi connectivity index (χ4n) is 4.21. The van der Waals surface area contributed by atoms with Gasteiger partial charge in [0, 0.05) is 18.5 Å². The number of imidazole rings is 1. The molecule has 1 aliphatic rings. The lowest BCUT2D eigenvalue weighted by Crippen LogP contribution is -2.25. The van der Waals surface area contributed by atoms with Gasteiger partial charge in [0.15, 0.2) is 5.65 Å². The number of pyridine rings is 2. The van der Waals surface area contributed by atoms with E-state index in [0.717, 1.165) is 46.9 Å². The van der Waals surface area contributed by atoms with Gasteiger partial charge in [-0.25, -0.2) is 14.8 Å². The largest absolute Gasteiger partial charge is 0.478 e. The van der Waals surface area contributed by atoms with Crippen molar-refractivity contribution in [1.82, 2.24) is 14.4 Å². The molecule has 1 aromatic carbocycles. The number of carboxylic acid groups (broad SMARTS) is 1. The minimum Gasteiger partial charge on any atom is -0.478 e. The molecule has 1 fully saturated rings. The quantitative estimate of drug-likeness (QED) is 0.564. The van der Waals surface area contributed by atoms with E-state index < -0.39 is 5.97 Å². The number of aromatic nitrogens is 3.